The molecule has 3 rings (SSSR count). The van der Waals surface area contributed by atoms with Crippen LogP contribution in [0.4, 0.5) is 19.0 Å². The SMILES string of the molecule is CC(=O)c1cc(N2CC(F)(F)[C@H]2C)n(-c2ccc(F)cc2)n1. The molecular weight excluding hydrogens is 295 g/mol. The van der Waals surface area contributed by atoms with E-state index in [4.69, 9.17) is 0 Å². The van der Waals surface area contributed by atoms with E-state index in [1.807, 2.05) is 0 Å². The van der Waals surface area contributed by atoms with Gasteiger partial charge in [-0.05, 0) is 31.2 Å². The van der Waals surface area contributed by atoms with Gasteiger partial charge >= 0.3 is 0 Å². The van der Waals surface area contributed by atoms with Crippen LogP contribution in [-0.4, -0.2) is 34.1 Å². The Bertz CT molecular complexity index is 724. The van der Waals surface area contributed by atoms with E-state index < -0.39 is 24.3 Å². The summed E-state index contributed by atoms with van der Waals surface area (Å²) in [5.74, 6) is -3.04. The van der Waals surface area contributed by atoms with Crippen LogP contribution in [0.25, 0.3) is 5.69 Å². The lowest BCUT2D eigenvalue weighted by Crippen LogP contribution is -2.64. The monoisotopic (exact) mass is 309 g/mol. The highest BCUT2D eigenvalue weighted by Crippen LogP contribution is 2.39. The molecule has 1 aliphatic heterocycles. The normalized spacial score (nSPS) is 19.9. The molecule has 1 fully saturated rings. The summed E-state index contributed by atoms with van der Waals surface area (Å²) >= 11 is 0. The summed E-state index contributed by atoms with van der Waals surface area (Å²) < 4.78 is 41.3. The molecular formula is C15H14F3N3O. The summed E-state index contributed by atoms with van der Waals surface area (Å²) in [5, 5.41) is 4.15. The molecule has 22 heavy (non-hydrogen) atoms. The van der Waals surface area contributed by atoms with Crippen molar-refractivity contribution in [2.75, 3.05) is 11.4 Å². The molecule has 1 saturated heterocycles. The highest BCUT2D eigenvalue weighted by molar-refractivity contribution is 5.93. The second kappa shape index (κ2) is 4.86. The first-order valence-corrected chi connectivity index (χ1v) is 6.81. The zero-order valence-electron chi connectivity index (χ0n) is 12.1. The van der Waals surface area contributed by atoms with Crippen LogP contribution < -0.4 is 4.90 Å². The van der Waals surface area contributed by atoms with E-state index >= 15 is 0 Å². The van der Waals surface area contributed by atoms with Crippen LogP contribution in [0.5, 0.6) is 0 Å². The Hall–Kier alpha value is -2.31. The number of nitrogens with zero attached hydrogens (tertiary/aromatic N) is 3. The Morgan fingerprint density at radius 2 is 1.95 bits per heavy atom. The minimum Gasteiger partial charge on any atom is -0.342 e. The largest absolute Gasteiger partial charge is 0.342 e. The molecule has 1 aliphatic rings. The van der Waals surface area contributed by atoms with Crippen LogP contribution >= 0.6 is 0 Å². The summed E-state index contributed by atoms with van der Waals surface area (Å²) in [6.45, 7) is 2.34. The van der Waals surface area contributed by atoms with E-state index in [2.05, 4.69) is 5.10 Å². The zero-order valence-corrected chi connectivity index (χ0v) is 12.1. The molecule has 0 spiro atoms. The highest BCUT2D eigenvalue weighted by atomic mass is 19.3. The number of Topliss-reactive ketones (excluding diaryl/α,β-unsaturated/α-hetero) is 1. The molecule has 0 saturated carbocycles. The number of rotatable bonds is 3. The van der Waals surface area contributed by atoms with E-state index in [9.17, 15) is 18.0 Å². The lowest BCUT2D eigenvalue weighted by molar-refractivity contribution is -0.0645. The van der Waals surface area contributed by atoms with Gasteiger partial charge in [-0.15, -0.1) is 0 Å². The average Bonchev–Trinajstić information content (AvgIpc) is 2.90. The highest BCUT2D eigenvalue weighted by Gasteiger charge is 2.53. The molecule has 1 aromatic heterocycles. The number of alkyl halides is 2. The van der Waals surface area contributed by atoms with Crippen LogP contribution in [0.3, 0.4) is 0 Å². The lowest BCUT2D eigenvalue weighted by atomic mass is 10.00. The standard InChI is InChI=1S/C15H14F3N3O/c1-9(22)13-7-14(20-8-15(17,18)10(20)2)21(19-13)12-5-3-11(16)4-6-12/h3-7,10H,8H2,1-2H3/t10-/m1/s1. The zero-order chi connectivity index (χ0) is 16.1. The van der Waals surface area contributed by atoms with Gasteiger partial charge in [0.15, 0.2) is 5.78 Å². The predicted octanol–water partition coefficient (Wildman–Crippen LogP) is 3.06. The van der Waals surface area contributed by atoms with Crippen LogP contribution in [0.1, 0.15) is 24.3 Å². The molecule has 7 heteroatoms. The number of hydrogen-bond acceptors (Lipinski definition) is 3. The Kier molecular flexibility index (Phi) is 3.23. The van der Waals surface area contributed by atoms with Crippen LogP contribution in [0, 0.1) is 5.82 Å². The molecule has 2 aromatic rings. The van der Waals surface area contributed by atoms with Crippen molar-refractivity contribution in [1.82, 2.24) is 9.78 Å². The Balaban J connectivity index is 2.05. The van der Waals surface area contributed by atoms with E-state index in [-0.39, 0.29) is 11.5 Å². The molecule has 4 nitrogen and oxygen atoms in total. The smallest absolute Gasteiger partial charge is 0.284 e. The summed E-state index contributed by atoms with van der Waals surface area (Å²) in [6, 6.07) is 5.97. The third-order valence-corrected chi connectivity index (χ3v) is 3.88. The second-order valence-corrected chi connectivity index (χ2v) is 5.40. The van der Waals surface area contributed by atoms with Crippen molar-refractivity contribution < 1.29 is 18.0 Å². The number of ketones is 1. The number of hydrogen-bond donors (Lipinski definition) is 0. The van der Waals surface area contributed by atoms with E-state index in [0.717, 1.165) is 0 Å². The van der Waals surface area contributed by atoms with E-state index in [1.165, 1.54) is 53.8 Å². The fraction of sp³-hybridized carbons (Fsp3) is 0.333. The molecule has 0 radical (unpaired) electrons. The molecule has 1 aromatic carbocycles. The minimum absolute atomic E-state index is 0.182. The topological polar surface area (TPSA) is 38.1 Å². The third-order valence-electron chi connectivity index (χ3n) is 3.88. The van der Waals surface area contributed by atoms with Gasteiger partial charge in [0.05, 0.1) is 18.3 Å². The van der Waals surface area contributed by atoms with Crippen LogP contribution in [-0.2, 0) is 0 Å². The molecule has 2 heterocycles. The third kappa shape index (κ3) is 2.26. The molecule has 0 aliphatic carbocycles. The van der Waals surface area contributed by atoms with Gasteiger partial charge in [-0.2, -0.15) is 5.10 Å². The van der Waals surface area contributed by atoms with E-state index in [0.29, 0.717) is 11.5 Å². The maximum absolute atomic E-state index is 13.4. The number of halogens is 3. The second-order valence-electron chi connectivity index (χ2n) is 5.40. The number of aromatic nitrogens is 2. The molecule has 0 unspecified atom stereocenters. The Labute approximate surface area is 125 Å². The molecule has 0 N–H and O–H groups in total. The van der Waals surface area contributed by atoms with Crippen molar-refractivity contribution in [2.45, 2.75) is 25.8 Å². The van der Waals surface area contributed by atoms with Crippen molar-refractivity contribution in [1.29, 1.82) is 0 Å². The fourth-order valence-corrected chi connectivity index (χ4v) is 2.41. The first kappa shape index (κ1) is 14.6. The van der Waals surface area contributed by atoms with Crippen molar-refractivity contribution in [2.24, 2.45) is 0 Å². The fourth-order valence-electron chi connectivity index (χ4n) is 2.41. The van der Waals surface area contributed by atoms with Gasteiger partial charge in [0.2, 0.25) is 0 Å². The van der Waals surface area contributed by atoms with Crippen LogP contribution in [0.2, 0.25) is 0 Å². The number of carbonyl (C=O) groups is 1. The average molecular weight is 309 g/mol. The van der Waals surface area contributed by atoms with Gasteiger partial charge < -0.3 is 4.90 Å². The minimum atomic E-state index is -2.77. The first-order chi connectivity index (χ1) is 10.3. The lowest BCUT2D eigenvalue weighted by Gasteiger charge is -2.46. The van der Waals surface area contributed by atoms with Gasteiger partial charge in [0.1, 0.15) is 17.3 Å². The predicted molar refractivity (Wildman–Crippen MR) is 75.3 cm³/mol. The number of carbonyl (C=O) groups excluding carboxylic acids is 1. The Morgan fingerprint density at radius 1 is 1.32 bits per heavy atom. The van der Waals surface area contributed by atoms with Crippen molar-refractivity contribution in [3.8, 4) is 5.69 Å². The number of benzene rings is 1. The summed E-state index contributed by atoms with van der Waals surface area (Å²) in [4.78, 5) is 13.0. The Morgan fingerprint density at radius 3 is 2.45 bits per heavy atom. The van der Waals surface area contributed by atoms with Gasteiger partial charge in [0.25, 0.3) is 5.92 Å². The summed E-state index contributed by atoms with van der Waals surface area (Å²) in [6.07, 6.45) is 0. The van der Waals surface area contributed by atoms with Crippen LogP contribution in [0.15, 0.2) is 30.3 Å². The maximum Gasteiger partial charge on any atom is 0.284 e. The summed E-state index contributed by atoms with van der Waals surface area (Å²) in [5.41, 5.74) is 0.688. The molecule has 116 valence electrons. The van der Waals surface area contributed by atoms with Gasteiger partial charge in [0, 0.05) is 13.0 Å². The van der Waals surface area contributed by atoms with Gasteiger partial charge in [-0.3, -0.25) is 4.79 Å². The first-order valence-electron chi connectivity index (χ1n) is 6.81. The van der Waals surface area contributed by atoms with Gasteiger partial charge in [-0.25, -0.2) is 17.9 Å². The van der Waals surface area contributed by atoms with E-state index in [1.54, 1.807) is 0 Å². The molecule has 0 amide bonds. The molecule has 0 bridgehead atoms. The van der Waals surface area contributed by atoms with Crippen molar-refractivity contribution in [3.05, 3.63) is 41.8 Å². The van der Waals surface area contributed by atoms with Gasteiger partial charge in [-0.1, -0.05) is 0 Å². The van der Waals surface area contributed by atoms with Crippen molar-refractivity contribution in [3.63, 3.8) is 0 Å². The quantitative estimate of drug-likeness (QED) is 0.818. The maximum atomic E-state index is 13.4. The number of anilines is 1. The van der Waals surface area contributed by atoms with Crippen molar-refractivity contribution >= 4 is 11.6 Å². The molecule has 1 atom stereocenters. The summed E-state index contributed by atoms with van der Waals surface area (Å²) in [7, 11) is 0.